The first-order valence-corrected chi connectivity index (χ1v) is 22.3. The summed E-state index contributed by atoms with van der Waals surface area (Å²) in [4.78, 5) is 13.2. The summed E-state index contributed by atoms with van der Waals surface area (Å²) < 4.78 is 21.5. The van der Waals surface area contributed by atoms with E-state index >= 15 is 0 Å². The largest absolute Gasteiger partial charge is 0.410 e. The molecule has 33 heavy (non-hydrogen) atoms. The van der Waals surface area contributed by atoms with Gasteiger partial charge in [0.15, 0.2) is 30.1 Å². The van der Waals surface area contributed by atoms with E-state index in [-0.39, 0.29) is 44.7 Å². The average molecular weight is 533 g/mol. The van der Waals surface area contributed by atoms with E-state index in [0.29, 0.717) is 0 Å². The van der Waals surface area contributed by atoms with E-state index < -0.39 is 25.0 Å². The van der Waals surface area contributed by atoms with Gasteiger partial charge in [-0.15, -0.1) is 0 Å². The molecule has 1 aliphatic carbocycles. The zero-order valence-corrected chi connectivity index (χ0v) is 27.6. The lowest BCUT2D eigenvalue weighted by Crippen LogP contribution is -2.63. The van der Waals surface area contributed by atoms with Crippen LogP contribution >= 0.6 is 11.8 Å². The van der Waals surface area contributed by atoms with Crippen molar-refractivity contribution in [2.75, 3.05) is 0 Å². The first-order chi connectivity index (χ1) is 14.8. The third-order valence-corrected chi connectivity index (χ3v) is 24.1. The Kier molecular flexibility index (Phi) is 9.14. The van der Waals surface area contributed by atoms with Crippen molar-refractivity contribution in [1.29, 1.82) is 0 Å². The number of carbonyl (C=O) groups excluding carboxylic acids is 1. The van der Waals surface area contributed by atoms with Crippen molar-refractivity contribution in [2.45, 2.75) is 147 Å². The zero-order chi connectivity index (χ0) is 25.6. The van der Waals surface area contributed by atoms with Gasteiger partial charge in [0, 0.05) is 5.25 Å². The molecular weight excluding hydrogens is 481 g/mol. The van der Waals surface area contributed by atoms with Crippen LogP contribution in [0.3, 0.4) is 0 Å². The van der Waals surface area contributed by atoms with Crippen molar-refractivity contribution in [3.05, 3.63) is 0 Å². The fourth-order valence-electron chi connectivity index (χ4n) is 4.48. The summed E-state index contributed by atoms with van der Waals surface area (Å²) in [5, 5.41) is 0.647. The summed E-state index contributed by atoms with van der Waals surface area (Å²) in [5.41, 5.74) is 0. The molecule has 2 fully saturated rings. The molecule has 0 N–H and O–H groups in total. The van der Waals surface area contributed by atoms with Gasteiger partial charge in [0.25, 0.3) is 0 Å². The fraction of sp³-hybridized carbons (Fsp3) is 0.960. The van der Waals surface area contributed by atoms with Crippen LogP contribution in [0.4, 0.5) is 0 Å². The minimum absolute atomic E-state index is 0.0735. The van der Waals surface area contributed by atoms with Crippen LogP contribution in [-0.2, 0) is 18.1 Å². The molecular formula is C25H52O4SSi3. The minimum atomic E-state index is -2.10. The second-order valence-corrected chi connectivity index (χ2v) is 28.8. The molecule has 8 heteroatoms. The second kappa shape index (κ2) is 10.1. The van der Waals surface area contributed by atoms with Gasteiger partial charge in [-0.2, -0.15) is 0 Å². The van der Waals surface area contributed by atoms with Gasteiger partial charge in [-0.05, 0) is 60.8 Å². The van der Waals surface area contributed by atoms with Gasteiger partial charge in [-0.1, -0.05) is 74.1 Å². The molecule has 1 saturated carbocycles. The van der Waals surface area contributed by atoms with Crippen LogP contribution < -0.4 is 0 Å². The Hall–Kier alpha value is 0.551. The quantitative estimate of drug-likeness (QED) is 0.283. The third-order valence-electron chi connectivity index (χ3n) is 9.26. The number of rotatable bonds is 9. The average Bonchev–Trinajstić information content (AvgIpc) is 3.02. The Bertz CT molecular complexity index is 686. The van der Waals surface area contributed by atoms with Crippen LogP contribution in [-0.4, -0.2) is 53.6 Å². The normalized spacial score (nSPS) is 29.6. The first-order valence-electron chi connectivity index (χ1n) is 13.1. The number of hydrogen-bond donors (Lipinski definition) is 0. The lowest BCUT2D eigenvalue weighted by atomic mass is 9.83. The van der Waals surface area contributed by atoms with Crippen molar-refractivity contribution in [3.8, 4) is 0 Å². The monoisotopic (exact) mass is 532 g/mol. The number of hydrogen-bond acceptors (Lipinski definition) is 5. The highest BCUT2D eigenvalue weighted by Gasteiger charge is 2.59. The van der Waals surface area contributed by atoms with E-state index in [4.69, 9.17) is 13.3 Å². The molecule has 1 heterocycles. The molecule has 0 aromatic carbocycles. The highest BCUT2D eigenvalue weighted by molar-refractivity contribution is 8.14. The van der Waals surface area contributed by atoms with Gasteiger partial charge in [-0.3, -0.25) is 4.79 Å². The Morgan fingerprint density at radius 1 is 0.758 bits per heavy atom. The standard InChI is InChI=1S/C25H52O4SSi3/c1-14-33(15-2,16-3)29-22-20(27-31(10,11)24(4,5)6)18-17-19(30-23(18)26)21(22)28-32(12,13)25(7,8)9/h18-22H,14-17H2,1-13H3/t18-,19+,20+,21-,22+/m0/s1. The van der Waals surface area contributed by atoms with Gasteiger partial charge in [-0.25, -0.2) is 0 Å². The Balaban J connectivity index is 2.57. The highest BCUT2D eigenvalue weighted by atomic mass is 32.2. The molecule has 0 unspecified atom stereocenters. The lowest BCUT2D eigenvalue weighted by molar-refractivity contribution is -0.125. The fourth-order valence-corrected chi connectivity index (χ4v) is 11.4. The number of carbonyl (C=O) groups is 1. The zero-order valence-electron chi connectivity index (χ0n) is 23.8. The molecule has 1 aliphatic heterocycles. The predicted molar refractivity (Wildman–Crippen MR) is 151 cm³/mol. The molecule has 2 aliphatic rings. The van der Waals surface area contributed by atoms with E-state index in [1.807, 2.05) is 0 Å². The van der Waals surface area contributed by atoms with Crippen molar-refractivity contribution >= 4 is 41.8 Å². The van der Waals surface area contributed by atoms with Crippen LogP contribution in [0.5, 0.6) is 0 Å². The predicted octanol–water partition coefficient (Wildman–Crippen LogP) is 7.82. The summed E-state index contributed by atoms with van der Waals surface area (Å²) in [6, 6.07) is 3.27. The van der Waals surface area contributed by atoms with Gasteiger partial charge in [0.2, 0.25) is 0 Å². The molecule has 0 aromatic rings. The molecule has 0 spiro atoms. The molecule has 194 valence electrons. The minimum Gasteiger partial charge on any atom is -0.410 e. The maximum absolute atomic E-state index is 13.2. The summed E-state index contributed by atoms with van der Waals surface area (Å²) in [6.07, 6.45) is 0.434. The second-order valence-electron chi connectivity index (χ2n) is 13.3. The van der Waals surface area contributed by atoms with Crippen molar-refractivity contribution < 1.29 is 18.1 Å². The van der Waals surface area contributed by atoms with Crippen LogP contribution in [0.2, 0.25) is 54.4 Å². The van der Waals surface area contributed by atoms with Crippen LogP contribution in [0, 0.1) is 5.92 Å². The maximum Gasteiger partial charge on any atom is 0.195 e. The van der Waals surface area contributed by atoms with E-state index in [9.17, 15) is 4.79 Å². The third kappa shape index (κ3) is 6.10. The van der Waals surface area contributed by atoms with Crippen LogP contribution in [0.25, 0.3) is 0 Å². The van der Waals surface area contributed by atoms with Gasteiger partial charge < -0.3 is 13.3 Å². The van der Waals surface area contributed by atoms with Crippen LogP contribution in [0.1, 0.15) is 68.7 Å². The topological polar surface area (TPSA) is 44.8 Å². The van der Waals surface area contributed by atoms with Crippen molar-refractivity contribution in [3.63, 3.8) is 0 Å². The summed E-state index contributed by atoms with van der Waals surface area (Å²) in [5.74, 6) is -0.0735. The van der Waals surface area contributed by atoms with Crippen molar-refractivity contribution in [2.24, 2.45) is 5.92 Å². The summed E-state index contributed by atoms with van der Waals surface area (Å²) in [7, 11) is -6.10. The Labute approximate surface area is 212 Å². The number of fused-ring (bicyclic) bond motifs is 2. The van der Waals surface area contributed by atoms with E-state index in [1.54, 1.807) is 0 Å². The Morgan fingerprint density at radius 3 is 1.58 bits per heavy atom. The molecule has 0 radical (unpaired) electrons. The molecule has 5 atom stereocenters. The summed E-state index contributed by atoms with van der Waals surface area (Å²) in [6.45, 7) is 29.8. The van der Waals surface area contributed by atoms with E-state index in [2.05, 4.69) is 88.5 Å². The number of thioether (sulfide) groups is 1. The molecule has 2 bridgehead atoms. The van der Waals surface area contributed by atoms with Crippen LogP contribution in [0.15, 0.2) is 0 Å². The highest BCUT2D eigenvalue weighted by Crippen LogP contribution is 2.51. The van der Waals surface area contributed by atoms with Gasteiger partial charge in [0.1, 0.15) is 0 Å². The first kappa shape index (κ1) is 29.8. The molecule has 4 nitrogen and oxygen atoms in total. The SMILES string of the molecule is CC[Si](CC)(CC)O[C@H]1[C@@H](O[Si](C)(C)C(C)(C)C)[C@H]2C[C@H](C(=O)S2)[C@H]1O[Si](C)(C)C(C)(C)C. The summed E-state index contributed by atoms with van der Waals surface area (Å²) >= 11 is 1.51. The Morgan fingerprint density at radius 2 is 1.18 bits per heavy atom. The molecule has 0 aromatic heterocycles. The molecule has 2 rings (SSSR count). The van der Waals surface area contributed by atoms with Gasteiger partial charge >= 0.3 is 0 Å². The maximum atomic E-state index is 13.2. The molecule has 1 saturated heterocycles. The van der Waals surface area contributed by atoms with Gasteiger partial charge in [0.05, 0.1) is 24.2 Å². The molecule has 0 amide bonds. The smallest absolute Gasteiger partial charge is 0.195 e. The van der Waals surface area contributed by atoms with Crippen molar-refractivity contribution in [1.82, 2.24) is 0 Å². The van der Waals surface area contributed by atoms with E-state index in [0.717, 1.165) is 24.6 Å². The van der Waals surface area contributed by atoms with E-state index in [1.165, 1.54) is 11.8 Å². The lowest BCUT2D eigenvalue weighted by Gasteiger charge is -2.51.